The first kappa shape index (κ1) is 14.9. The van der Waals surface area contributed by atoms with Crippen LogP contribution in [0.3, 0.4) is 0 Å². The monoisotopic (exact) mass is 243 g/mol. The number of nitrogens with zero attached hydrogens (tertiary/aromatic N) is 2. The van der Waals surface area contributed by atoms with Crippen molar-refractivity contribution in [1.29, 1.82) is 0 Å². The lowest BCUT2D eigenvalue weighted by Crippen LogP contribution is -2.36. The van der Waals surface area contributed by atoms with Crippen molar-refractivity contribution in [2.75, 3.05) is 53.9 Å². The van der Waals surface area contributed by atoms with Crippen LogP contribution in [0.2, 0.25) is 0 Å². The highest BCUT2D eigenvalue weighted by molar-refractivity contribution is 4.71. The Morgan fingerprint density at radius 1 is 1.35 bits per heavy atom. The fraction of sp³-hybridized carbons (Fsp3) is 1.00. The molecule has 17 heavy (non-hydrogen) atoms. The fourth-order valence-electron chi connectivity index (χ4n) is 2.41. The molecule has 1 aliphatic rings. The highest BCUT2D eigenvalue weighted by Gasteiger charge is 2.16. The molecule has 1 unspecified atom stereocenters. The molecule has 0 aromatic carbocycles. The Labute approximate surface area is 106 Å². The third-order valence-corrected chi connectivity index (χ3v) is 3.52. The summed E-state index contributed by atoms with van der Waals surface area (Å²) in [6.07, 6.45) is 3.67. The topological polar surface area (TPSA) is 38.7 Å². The van der Waals surface area contributed by atoms with E-state index in [-0.39, 0.29) is 6.10 Å². The van der Waals surface area contributed by atoms with Gasteiger partial charge in [0.25, 0.3) is 0 Å². The van der Waals surface area contributed by atoms with Crippen LogP contribution in [0.1, 0.15) is 19.3 Å². The first-order valence-corrected chi connectivity index (χ1v) is 6.80. The first-order valence-electron chi connectivity index (χ1n) is 6.80. The second-order valence-corrected chi connectivity index (χ2v) is 5.66. The Bertz CT molecular complexity index is 191. The molecule has 1 rings (SSSR count). The quantitative estimate of drug-likeness (QED) is 0.628. The minimum Gasteiger partial charge on any atom is -0.390 e. The lowest BCUT2D eigenvalue weighted by molar-refractivity contribution is 0.133. The molecule has 1 aliphatic heterocycles. The van der Waals surface area contributed by atoms with E-state index in [0.29, 0.717) is 6.54 Å². The van der Waals surface area contributed by atoms with Crippen molar-refractivity contribution in [2.45, 2.75) is 25.4 Å². The molecule has 1 saturated heterocycles. The summed E-state index contributed by atoms with van der Waals surface area (Å²) in [6.45, 7) is 4.98. The van der Waals surface area contributed by atoms with Crippen LogP contribution in [-0.2, 0) is 0 Å². The molecule has 102 valence electrons. The van der Waals surface area contributed by atoms with E-state index in [1.54, 1.807) is 0 Å². The minimum atomic E-state index is -0.248. The number of likely N-dealkylation sites (N-methyl/N-ethyl adjacent to an activating group) is 1. The van der Waals surface area contributed by atoms with Gasteiger partial charge >= 0.3 is 0 Å². The zero-order chi connectivity index (χ0) is 12.7. The molecule has 0 bridgehead atoms. The van der Waals surface area contributed by atoms with Crippen molar-refractivity contribution in [1.82, 2.24) is 15.1 Å². The zero-order valence-electron chi connectivity index (χ0n) is 11.7. The number of rotatable bonds is 7. The van der Waals surface area contributed by atoms with Gasteiger partial charge in [0.2, 0.25) is 0 Å². The molecule has 1 heterocycles. The van der Waals surface area contributed by atoms with Crippen molar-refractivity contribution in [3.8, 4) is 0 Å². The summed E-state index contributed by atoms with van der Waals surface area (Å²) in [7, 11) is 6.18. The van der Waals surface area contributed by atoms with Crippen molar-refractivity contribution in [3.05, 3.63) is 0 Å². The fourth-order valence-corrected chi connectivity index (χ4v) is 2.41. The van der Waals surface area contributed by atoms with Crippen LogP contribution >= 0.6 is 0 Å². The molecule has 1 fully saturated rings. The molecule has 0 aliphatic carbocycles. The highest BCUT2D eigenvalue weighted by Crippen LogP contribution is 2.18. The highest BCUT2D eigenvalue weighted by atomic mass is 16.3. The normalized spacial score (nSPS) is 21.0. The van der Waals surface area contributed by atoms with Gasteiger partial charge in [-0.3, -0.25) is 0 Å². The van der Waals surface area contributed by atoms with Crippen molar-refractivity contribution in [3.63, 3.8) is 0 Å². The van der Waals surface area contributed by atoms with E-state index in [0.717, 1.165) is 19.0 Å². The van der Waals surface area contributed by atoms with Gasteiger partial charge < -0.3 is 20.2 Å². The van der Waals surface area contributed by atoms with Gasteiger partial charge in [-0.25, -0.2) is 0 Å². The SMILES string of the molecule is CN(C)CC(O)CNCCC1CCN(C)CC1. The van der Waals surface area contributed by atoms with E-state index in [4.69, 9.17) is 0 Å². The molecule has 2 N–H and O–H groups in total. The largest absolute Gasteiger partial charge is 0.390 e. The number of hydrogen-bond acceptors (Lipinski definition) is 4. The maximum atomic E-state index is 9.68. The van der Waals surface area contributed by atoms with Crippen LogP contribution < -0.4 is 5.32 Å². The lowest BCUT2D eigenvalue weighted by Gasteiger charge is -2.29. The molecule has 0 spiro atoms. The predicted octanol–water partition coefficient (Wildman–Crippen LogP) is 0.230. The van der Waals surface area contributed by atoms with Gasteiger partial charge in [0, 0.05) is 13.1 Å². The third kappa shape index (κ3) is 6.99. The van der Waals surface area contributed by atoms with Gasteiger partial charge in [0.05, 0.1) is 6.10 Å². The van der Waals surface area contributed by atoms with Crippen LogP contribution in [0.4, 0.5) is 0 Å². The van der Waals surface area contributed by atoms with Gasteiger partial charge in [-0.2, -0.15) is 0 Å². The molecule has 4 heteroatoms. The summed E-state index contributed by atoms with van der Waals surface area (Å²) in [6, 6.07) is 0. The number of piperidine rings is 1. The van der Waals surface area contributed by atoms with Crippen molar-refractivity contribution >= 4 is 0 Å². The molecule has 4 nitrogen and oxygen atoms in total. The van der Waals surface area contributed by atoms with E-state index in [1.807, 2.05) is 19.0 Å². The van der Waals surface area contributed by atoms with Crippen LogP contribution in [-0.4, -0.2) is 74.9 Å². The minimum absolute atomic E-state index is 0.248. The van der Waals surface area contributed by atoms with E-state index in [9.17, 15) is 5.11 Å². The summed E-state index contributed by atoms with van der Waals surface area (Å²) in [5.41, 5.74) is 0. The summed E-state index contributed by atoms with van der Waals surface area (Å²) in [5, 5.41) is 13.0. The average Bonchev–Trinajstić information content (AvgIpc) is 2.26. The lowest BCUT2D eigenvalue weighted by atomic mass is 9.94. The van der Waals surface area contributed by atoms with Gasteiger partial charge in [-0.05, 0) is 66.0 Å². The second kappa shape index (κ2) is 8.03. The molecular formula is C13H29N3O. The maximum Gasteiger partial charge on any atom is 0.0791 e. The maximum absolute atomic E-state index is 9.68. The first-order chi connectivity index (χ1) is 8.08. The second-order valence-electron chi connectivity index (χ2n) is 5.66. The van der Waals surface area contributed by atoms with Crippen LogP contribution in [0.5, 0.6) is 0 Å². The standard InChI is InChI=1S/C13H29N3O/c1-15(2)11-13(17)10-14-7-4-12-5-8-16(3)9-6-12/h12-14,17H,4-11H2,1-3H3. The Morgan fingerprint density at radius 2 is 2.00 bits per heavy atom. The Morgan fingerprint density at radius 3 is 2.59 bits per heavy atom. The third-order valence-electron chi connectivity index (χ3n) is 3.52. The summed E-state index contributed by atoms with van der Waals surface area (Å²) in [4.78, 5) is 4.42. The van der Waals surface area contributed by atoms with E-state index in [2.05, 4.69) is 17.3 Å². The molecule has 0 amide bonds. The molecular weight excluding hydrogens is 214 g/mol. The van der Waals surface area contributed by atoms with Crippen LogP contribution in [0, 0.1) is 5.92 Å². The van der Waals surface area contributed by atoms with Gasteiger partial charge in [0.1, 0.15) is 0 Å². The number of hydrogen-bond donors (Lipinski definition) is 2. The average molecular weight is 243 g/mol. The van der Waals surface area contributed by atoms with Gasteiger partial charge in [-0.1, -0.05) is 0 Å². The van der Waals surface area contributed by atoms with E-state index in [1.165, 1.54) is 32.4 Å². The predicted molar refractivity (Wildman–Crippen MR) is 72.3 cm³/mol. The van der Waals surface area contributed by atoms with Crippen LogP contribution in [0.15, 0.2) is 0 Å². The van der Waals surface area contributed by atoms with E-state index < -0.39 is 0 Å². The number of aliphatic hydroxyl groups is 1. The zero-order valence-corrected chi connectivity index (χ0v) is 11.7. The Hall–Kier alpha value is -0.160. The number of nitrogens with one attached hydrogen (secondary N) is 1. The Kier molecular flexibility index (Phi) is 7.04. The molecule has 0 radical (unpaired) electrons. The van der Waals surface area contributed by atoms with Crippen LogP contribution in [0.25, 0.3) is 0 Å². The molecule has 0 aromatic rings. The van der Waals surface area contributed by atoms with Gasteiger partial charge in [0.15, 0.2) is 0 Å². The van der Waals surface area contributed by atoms with E-state index >= 15 is 0 Å². The number of aliphatic hydroxyl groups excluding tert-OH is 1. The summed E-state index contributed by atoms with van der Waals surface area (Å²) >= 11 is 0. The smallest absolute Gasteiger partial charge is 0.0791 e. The molecule has 0 aromatic heterocycles. The van der Waals surface area contributed by atoms with Crippen molar-refractivity contribution < 1.29 is 5.11 Å². The summed E-state index contributed by atoms with van der Waals surface area (Å²) in [5.74, 6) is 0.879. The van der Waals surface area contributed by atoms with Crippen molar-refractivity contribution in [2.24, 2.45) is 5.92 Å². The Balaban J connectivity index is 1.97. The molecule has 1 atom stereocenters. The molecule has 0 saturated carbocycles. The number of likely N-dealkylation sites (tertiary alicyclic amines) is 1. The summed E-state index contributed by atoms with van der Waals surface area (Å²) < 4.78 is 0. The van der Waals surface area contributed by atoms with Gasteiger partial charge in [-0.15, -0.1) is 0 Å².